The van der Waals surface area contributed by atoms with Gasteiger partial charge in [-0.2, -0.15) is 5.26 Å². The average Bonchev–Trinajstić information content (AvgIpc) is 2.76. The summed E-state index contributed by atoms with van der Waals surface area (Å²) < 4.78 is 4.70. The maximum atomic E-state index is 12.6. The van der Waals surface area contributed by atoms with Crippen LogP contribution >= 0.6 is 0 Å². The van der Waals surface area contributed by atoms with Gasteiger partial charge in [0.15, 0.2) is 0 Å². The van der Waals surface area contributed by atoms with Gasteiger partial charge in [-0.1, -0.05) is 48.5 Å². The molecule has 1 aliphatic rings. The lowest BCUT2D eigenvalue weighted by atomic mass is 9.95. The maximum absolute atomic E-state index is 12.6. The molecule has 0 saturated carbocycles. The van der Waals surface area contributed by atoms with Crippen LogP contribution in [0.4, 0.5) is 0 Å². The van der Waals surface area contributed by atoms with Gasteiger partial charge in [-0.3, -0.25) is 9.59 Å². The first-order valence-corrected chi connectivity index (χ1v) is 9.97. The van der Waals surface area contributed by atoms with Crippen LogP contribution < -0.4 is 0 Å². The monoisotopic (exact) mass is 398 g/mol. The number of nitriles is 1. The summed E-state index contributed by atoms with van der Waals surface area (Å²) in [6.07, 6.45) is 1.02. The third kappa shape index (κ3) is 3.90. The largest absolute Gasteiger partial charge is 0.469 e. The van der Waals surface area contributed by atoms with Crippen LogP contribution in [-0.2, 0) is 16.0 Å². The lowest BCUT2D eigenvalue weighted by Gasteiger charge is -2.35. The smallest absolute Gasteiger partial charge is 0.305 e. The molecule has 0 spiro atoms. The molecule has 0 aromatic heterocycles. The average molecular weight is 398 g/mol. The van der Waals surface area contributed by atoms with Crippen molar-refractivity contribution in [2.24, 2.45) is 5.92 Å². The van der Waals surface area contributed by atoms with Gasteiger partial charge in [0, 0.05) is 25.1 Å². The highest BCUT2D eigenvalue weighted by Crippen LogP contribution is 2.30. The van der Waals surface area contributed by atoms with Crippen LogP contribution in [-0.4, -0.2) is 37.0 Å². The van der Waals surface area contributed by atoms with E-state index < -0.39 is 0 Å². The number of benzene rings is 3. The number of amides is 1. The van der Waals surface area contributed by atoms with Gasteiger partial charge in [-0.05, 0) is 46.0 Å². The molecule has 0 radical (unpaired) electrons. The topological polar surface area (TPSA) is 70.4 Å². The van der Waals surface area contributed by atoms with Gasteiger partial charge in [-0.25, -0.2) is 0 Å². The summed E-state index contributed by atoms with van der Waals surface area (Å²) in [4.78, 5) is 25.7. The molecule has 0 unspecified atom stereocenters. The zero-order valence-electron chi connectivity index (χ0n) is 16.8. The first kappa shape index (κ1) is 19.7. The van der Waals surface area contributed by atoms with E-state index in [1.807, 2.05) is 42.5 Å². The summed E-state index contributed by atoms with van der Waals surface area (Å²) >= 11 is 0. The Morgan fingerprint density at radius 3 is 2.57 bits per heavy atom. The Kier molecular flexibility index (Phi) is 5.49. The number of fused-ring (bicyclic) bond motifs is 1. The Balaban J connectivity index is 1.56. The molecule has 1 amide bonds. The van der Waals surface area contributed by atoms with Crippen LogP contribution in [0.5, 0.6) is 0 Å². The first-order chi connectivity index (χ1) is 14.6. The van der Waals surface area contributed by atoms with Gasteiger partial charge < -0.3 is 9.64 Å². The number of nitrogens with zero attached hydrogens (tertiary/aromatic N) is 2. The Labute approximate surface area is 175 Å². The lowest BCUT2D eigenvalue weighted by molar-refractivity contribution is -0.140. The van der Waals surface area contributed by atoms with Gasteiger partial charge in [0.1, 0.15) is 0 Å². The molecule has 1 fully saturated rings. The Morgan fingerprint density at radius 2 is 1.87 bits per heavy atom. The minimum absolute atomic E-state index is 0.0243. The van der Waals surface area contributed by atoms with Crippen molar-refractivity contribution in [1.82, 2.24) is 4.90 Å². The summed E-state index contributed by atoms with van der Waals surface area (Å²) in [5.41, 5.74) is 3.91. The number of methoxy groups -OCH3 is 1. The van der Waals surface area contributed by atoms with Crippen molar-refractivity contribution in [3.05, 3.63) is 71.8 Å². The van der Waals surface area contributed by atoms with Gasteiger partial charge >= 0.3 is 5.97 Å². The van der Waals surface area contributed by atoms with Crippen LogP contribution in [0.1, 0.15) is 22.3 Å². The number of hydrogen-bond acceptors (Lipinski definition) is 4. The molecule has 3 aromatic rings. The van der Waals surface area contributed by atoms with E-state index in [9.17, 15) is 9.59 Å². The molecule has 3 aromatic carbocycles. The molecule has 0 atom stereocenters. The highest BCUT2D eigenvalue weighted by Gasteiger charge is 2.31. The summed E-state index contributed by atoms with van der Waals surface area (Å²) in [7, 11) is 1.40. The molecule has 1 saturated heterocycles. The van der Waals surface area contributed by atoms with E-state index in [4.69, 9.17) is 10.00 Å². The number of likely N-dealkylation sites (tertiary alicyclic amines) is 1. The fourth-order valence-corrected chi connectivity index (χ4v) is 3.78. The van der Waals surface area contributed by atoms with Crippen molar-refractivity contribution < 1.29 is 14.3 Å². The van der Waals surface area contributed by atoms with Crippen molar-refractivity contribution in [1.29, 1.82) is 5.26 Å². The van der Waals surface area contributed by atoms with Crippen molar-refractivity contribution in [2.75, 3.05) is 20.2 Å². The molecule has 5 nitrogen and oxygen atoms in total. The molecular formula is C25H22N2O3. The Hall–Kier alpha value is -3.65. The van der Waals surface area contributed by atoms with E-state index in [1.54, 1.807) is 4.90 Å². The Bertz CT molecular complexity index is 1140. The zero-order valence-corrected chi connectivity index (χ0v) is 16.8. The lowest BCUT2D eigenvalue weighted by Crippen LogP contribution is -2.49. The van der Waals surface area contributed by atoms with Crippen LogP contribution in [0.25, 0.3) is 21.9 Å². The molecule has 4 rings (SSSR count). The molecule has 0 aliphatic carbocycles. The van der Waals surface area contributed by atoms with E-state index in [1.165, 1.54) is 7.11 Å². The minimum Gasteiger partial charge on any atom is -0.469 e. The second-order valence-corrected chi connectivity index (χ2v) is 7.55. The molecule has 30 heavy (non-hydrogen) atoms. The number of aryl methyl sites for hydroxylation is 1. The highest BCUT2D eigenvalue weighted by atomic mass is 16.5. The molecule has 0 bridgehead atoms. The van der Waals surface area contributed by atoms with Gasteiger partial charge in [0.25, 0.3) is 5.91 Å². The number of ether oxygens (including phenoxy) is 1. The van der Waals surface area contributed by atoms with Gasteiger partial charge in [0.2, 0.25) is 0 Å². The van der Waals surface area contributed by atoms with Crippen molar-refractivity contribution >= 4 is 22.6 Å². The first-order valence-electron chi connectivity index (χ1n) is 9.97. The van der Waals surface area contributed by atoms with Crippen molar-refractivity contribution in [2.45, 2.75) is 12.8 Å². The van der Waals surface area contributed by atoms with Gasteiger partial charge in [0.05, 0.1) is 19.1 Å². The number of carbonyl (C=O) groups excluding carboxylic acids is 2. The van der Waals surface area contributed by atoms with Crippen LogP contribution in [0.2, 0.25) is 0 Å². The third-order valence-electron chi connectivity index (χ3n) is 5.59. The fourth-order valence-electron chi connectivity index (χ4n) is 3.78. The second kappa shape index (κ2) is 8.38. The molecule has 1 heterocycles. The summed E-state index contributed by atoms with van der Waals surface area (Å²) in [5.74, 6) is -0.278. The third-order valence-corrected chi connectivity index (χ3v) is 5.59. The molecule has 1 aliphatic heterocycles. The van der Waals surface area contributed by atoms with Crippen molar-refractivity contribution in [3.63, 3.8) is 0 Å². The highest BCUT2D eigenvalue weighted by molar-refractivity contribution is 6.03. The summed E-state index contributed by atoms with van der Waals surface area (Å²) in [6.45, 7) is 1.02. The normalized spacial score (nSPS) is 13.5. The Morgan fingerprint density at radius 1 is 1.10 bits per heavy atom. The van der Waals surface area contributed by atoms with E-state index in [0.717, 1.165) is 27.5 Å². The van der Waals surface area contributed by atoms with Crippen LogP contribution in [0.3, 0.4) is 0 Å². The summed E-state index contributed by atoms with van der Waals surface area (Å²) in [6, 6.07) is 22.2. The van der Waals surface area contributed by atoms with E-state index in [0.29, 0.717) is 31.5 Å². The summed E-state index contributed by atoms with van der Waals surface area (Å²) in [5, 5.41) is 11.0. The minimum atomic E-state index is -0.208. The fraction of sp³-hybridized carbons (Fsp3) is 0.240. The number of esters is 1. The van der Waals surface area contributed by atoms with Crippen molar-refractivity contribution in [3.8, 4) is 17.2 Å². The predicted molar refractivity (Wildman–Crippen MR) is 115 cm³/mol. The molecular weight excluding hydrogens is 376 g/mol. The molecule has 0 N–H and O–H groups in total. The molecule has 150 valence electrons. The molecule has 5 heteroatoms. The van der Waals surface area contributed by atoms with Crippen LogP contribution in [0.15, 0.2) is 60.7 Å². The standard InChI is InChI=1S/C25H22N2O3/c1-30-24(28)12-7-17-5-8-19(9-6-17)22-4-2-3-20-13-21(10-11-23(20)22)25(29)27-15-18(14-26)16-27/h2-6,8-11,13,18H,7,12,15-16H2,1H3. The van der Waals surface area contributed by atoms with Gasteiger partial charge in [-0.15, -0.1) is 0 Å². The SMILES string of the molecule is COC(=O)CCc1ccc(-c2cccc3cc(C(=O)N4CC(C#N)C4)ccc23)cc1. The quantitative estimate of drug-likeness (QED) is 0.604. The van der Waals surface area contributed by atoms with Crippen LogP contribution in [0, 0.1) is 17.2 Å². The second-order valence-electron chi connectivity index (χ2n) is 7.55. The maximum Gasteiger partial charge on any atom is 0.305 e. The van der Waals surface area contributed by atoms with E-state index >= 15 is 0 Å². The van der Waals surface area contributed by atoms with E-state index in [2.05, 4.69) is 24.3 Å². The zero-order chi connectivity index (χ0) is 21.1. The predicted octanol–water partition coefficient (Wildman–Crippen LogP) is 4.21. The number of carbonyl (C=O) groups is 2. The number of hydrogen-bond donors (Lipinski definition) is 0. The van der Waals surface area contributed by atoms with E-state index in [-0.39, 0.29) is 17.8 Å². The number of rotatable bonds is 5.